The fraction of sp³-hybridized carbons (Fsp3) is 0.455. The Labute approximate surface area is 150 Å². The summed E-state index contributed by atoms with van der Waals surface area (Å²) in [6.07, 6.45) is 2.00. The highest BCUT2D eigenvalue weighted by Gasteiger charge is 2.54. The molecular weight excluding hydrogens is 312 g/mol. The number of ether oxygens (including phenoxy) is 2. The molecule has 2 aromatic rings. The summed E-state index contributed by atoms with van der Waals surface area (Å²) in [6, 6.07) is 16.2. The fourth-order valence-electron chi connectivity index (χ4n) is 3.85. The lowest BCUT2D eigenvalue weighted by atomic mass is 9.91. The number of aliphatic hydroxyl groups is 1. The normalized spacial score (nSPS) is 22.0. The van der Waals surface area contributed by atoms with E-state index in [0.29, 0.717) is 18.4 Å². The second-order valence-corrected chi connectivity index (χ2v) is 7.51. The van der Waals surface area contributed by atoms with E-state index >= 15 is 0 Å². The second-order valence-electron chi connectivity index (χ2n) is 7.51. The van der Waals surface area contributed by atoms with Crippen molar-refractivity contribution in [3.05, 3.63) is 59.7 Å². The first kappa shape index (κ1) is 17.8. The lowest BCUT2D eigenvalue weighted by molar-refractivity contribution is 0.188. The molecule has 0 radical (unpaired) electrons. The van der Waals surface area contributed by atoms with E-state index in [2.05, 4.69) is 19.9 Å². The highest BCUT2D eigenvalue weighted by Crippen LogP contribution is 2.58. The molecule has 134 valence electrons. The van der Waals surface area contributed by atoms with Crippen LogP contribution >= 0.6 is 0 Å². The van der Waals surface area contributed by atoms with Gasteiger partial charge in [-0.15, -0.1) is 0 Å². The van der Waals surface area contributed by atoms with E-state index in [9.17, 15) is 5.11 Å². The third kappa shape index (κ3) is 3.98. The van der Waals surface area contributed by atoms with E-state index < -0.39 is 0 Å². The number of rotatable bonds is 8. The molecule has 1 N–H and O–H groups in total. The highest BCUT2D eigenvalue weighted by atomic mass is 16.5. The van der Waals surface area contributed by atoms with E-state index in [1.807, 2.05) is 42.5 Å². The Hall–Kier alpha value is -2.00. The van der Waals surface area contributed by atoms with Crippen LogP contribution in [0.25, 0.3) is 0 Å². The molecule has 3 nitrogen and oxygen atoms in total. The number of hydrogen-bond donors (Lipinski definition) is 1. The van der Waals surface area contributed by atoms with Crippen molar-refractivity contribution in [3.8, 4) is 11.5 Å². The molecule has 1 fully saturated rings. The molecular formula is C22H28O3. The van der Waals surface area contributed by atoms with Gasteiger partial charge < -0.3 is 14.6 Å². The maximum atomic E-state index is 9.87. The van der Waals surface area contributed by atoms with Crippen LogP contribution in [-0.2, 0) is 13.0 Å². The lowest BCUT2D eigenvalue weighted by Crippen LogP contribution is -2.16. The van der Waals surface area contributed by atoms with Crippen LogP contribution in [0.15, 0.2) is 48.5 Å². The van der Waals surface area contributed by atoms with Crippen LogP contribution in [0.2, 0.25) is 0 Å². The van der Waals surface area contributed by atoms with Gasteiger partial charge in [-0.3, -0.25) is 0 Å². The Kier molecular flexibility index (Phi) is 5.33. The molecule has 1 saturated carbocycles. The average molecular weight is 340 g/mol. The van der Waals surface area contributed by atoms with E-state index in [1.54, 1.807) is 7.11 Å². The van der Waals surface area contributed by atoms with Crippen LogP contribution in [0.1, 0.15) is 31.4 Å². The molecule has 0 heterocycles. The molecule has 25 heavy (non-hydrogen) atoms. The van der Waals surface area contributed by atoms with Gasteiger partial charge in [0.05, 0.1) is 7.11 Å². The lowest BCUT2D eigenvalue weighted by Gasteiger charge is -2.18. The van der Waals surface area contributed by atoms with E-state index in [-0.39, 0.29) is 12.0 Å². The Morgan fingerprint density at radius 2 is 1.84 bits per heavy atom. The molecule has 3 rings (SSSR count). The monoisotopic (exact) mass is 340 g/mol. The molecule has 2 atom stereocenters. The average Bonchev–Trinajstić information content (AvgIpc) is 3.36. The molecule has 0 amide bonds. The van der Waals surface area contributed by atoms with Gasteiger partial charge in [-0.1, -0.05) is 50.2 Å². The highest BCUT2D eigenvalue weighted by molar-refractivity contribution is 5.43. The summed E-state index contributed by atoms with van der Waals surface area (Å²) in [5.41, 5.74) is 2.37. The van der Waals surface area contributed by atoms with Crippen LogP contribution in [-0.4, -0.2) is 18.8 Å². The van der Waals surface area contributed by atoms with Gasteiger partial charge in [0.15, 0.2) is 11.5 Å². The van der Waals surface area contributed by atoms with Crippen LogP contribution in [0.5, 0.6) is 11.5 Å². The molecule has 1 unspecified atom stereocenters. The zero-order valence-electron chi connectivity index (χ0n) is 15.4. The molecule has 0 bridgehead atoms. The third-order valence-corrected chi connectivity index (χ3v) is 5.39. The van der Waals surface area contributed by atoms with Gasteiger partial charge in [-0.05, 0) is 47.9 Å². The number of methoxy groups -OCH3 is 1. The quantitative estimate of drug-likeness (QED) is 0.770. The van der Waals surface area contributed by atoms with Crippen LogP contribution in [0, 0.1) is 17.3 Å². The van der Waals surface area contributed by atoms with Gasteiger partial charge in [-0.25, -0.2) is 0 Å². The van der Waals surface area contributed by atoms with Crippen molar-refractivity contribution in [2.24, 2.45) is 17.3 Å². The van der Waals surface area contributed by atoms with Gasteiger partial charge in [-0.2, -0.15) is 0 Å². The first-order valence-electron chi connectivity index (χ1n) is 9.02. The van der Waals surface area contributed by atoms with Crippen molar-refractivity contribution in [1.82, 2.24) is 0 Å². The smallest absolute Gasteiger partial charge is 0.161 e. The maximum Gasteiger partial charge on any atom is 0.161 e. The maximum absolute atomic E-state index is 9.87. The third-order valence-electron chi connectivity index (χ3n) is 5.39. The van der Waals surface area contributed by atoms with Crippen molar-refractivity contribution in [1.29, 1.82) is 0 Å². The molecule has 0 saturated heterocycles. The largest absolute Gasteiger partial charge is 0.493 e. The topological polar surface area (TPSA) is 38.7 Å². The number of benzene rings is 2. The molecule has 2 aromatic carbocycles. The predicted octanol–water partition coefficient (Wildman–Crippen LogP) is 4.47. The summed E-state index contributed by atoms with van der Waals surface area (Å²) in [5, 5.41) is 9.87. The molecule has 0 spiro atoms. The Bertz CT molecular complexity index is 696. The van der Waals surface area contributed by atoms with Crippen molar-refractivity contribution in [3.63, 3.8) is 0 Å². The summed E-state index contributed by atoms with van der Waals surface area (Å²) in [4.78, 5) is 0. The van der Waals surface area contributed by atoms with E-state index in [1.165, 1.54) is 5.56 Å². The molecule has 1 aliphatic carbocycles. The molecule has 0 aliphatic heterocycles. The van der Waals surface area contributed by atoms with Crippen molar-refractivity contribution in [2.45, 2.75) is 33.3 Å². The Morgan fingerprint density at radius 1 is 1.08 bits per heavy atom. The van der Waals surface area contributed by atoms with Crippen LogP contribution in [0.4, 0.5) is 0 Å². The van der Waals surface area contributed by atoms with Crippen molar-refractivity contribution in [2.75, 3.05) is 13.7 Å². The zero-order valence-corrected chi connectivity index (χ0v) is 15.4. The van der Waals surface area contributed by atoms with E-state index in [4.69, 9.17) is 9.47 Å². The number of aliphatic hydroxyl groups excluding tert-OH is 1. The predicted molar refractivity (Wildman–Crippen MR) is 99.9 cm³/mol. The summed E-state index contributed by atoms with van der Waals surface area (Å²) < 4.78 is 11.5. The summed E-state index contributed by atoms with van der Waals surface area (Å²) >= 11 is 0. The number of hydrogen-bond acceptors (Lipinski definition) is 3. The van der Waals surface area contributed by atoms with Gasteiger partial charge in [0.1, 0.15) is 6.61 Å². The van der Waals surface area contributed by atoms with Crippen molar-refractivity contribution >= 4 is 0 Å². The van der Waals surface area contributed by atoms with Gasteiger partial charge in [0.2, 0.25) is 0 Å². The summed E-state index contributed by atoms with van der Waals surface area (Å²) in [7, 11) is 1.67. The van der Waals surface area contributed by atoms with Crippen LogP contribution in [0.3, 0.4) is 0 Å². The minimum Gasteiger partial charge on any atom is -0.493 e. The Balaban J connectivity index is 1.69. The summed E-state index contributed by atoms with van der Waals surface area (Å²) in [6.45, 7) is 5.25. The minimum absolute atomic E-state index is 0.0472. The minimum atomic E-state index is 0.0472. The molecule has 3 heteroatoms. The van der Waals surface area contributed by atoms with Crippen molar-refractivity contribution < 1.29 is 14.6 Å². The molecule has 0 aromatic heterocycles. The SMILES string of the molecule is COc1cc(CC2(CO)C[C@@H]2C(C)C)ccc1OCc1ccccc1. The second kappa shape index (κ2) is 7.49. The van der Waals surface area contributed by atoms with Gasteiger partial charge in [0, 0.05) is 12.0 Å². The zero-order chi connectivity index (χ0) is 17.9. The summed E-state index contributed by atoms with van der Waals surface area (Å²) in [5.74, 6) is 2.73. The molecule has 1 aliphatic rings. The fourth-order valence-corrected chi connectivity index (χ4v) is 3.85. The van der Waals surface area contributed by atoms with E-state index in [0.717, 1.165) is 29.9 Å². The van der Waals surface area contributed by atoms with Gasteiger partial charge in [0.25, 0.3) is 0 Å². The first-order chi connectivity index (χ1) is 12.1. The first-order valence-corrected chi connectivity index (χ1v) is 9.02. The van der Waals surface area contributed by atoms with Crippen LogP contribution < -0.4 is 9.47 Å². The Morgan fingerprint density at radius 3 is 2.44 bits per heavy atom. The standard InChI is InChI=1S/C22H28O3/c1-16(2)19-13-22(19,15-23)12-18-9-10-20(21(11-18)24-3)25-14-17-7-5-4-6-8-17/h4-11,16,19,23H,12-15H2,1-3H3/t19-,22?/m1/s1. The van der Waals surface area contributed by atoms with Gasteiger partial charge >= 0.3 is 0 Å².